The molecule has 5 N–H and O–H groups in total. The first-order valence-corrected chi connectivity index (χ1v) is 4.51. The fraction of sp³-hybridized carbons (Fsp3) is 0.444. The third-order valence-corrected chi connectivity index (χ3v) is 2.43. The standard InChI is InChI=1S/C9H14N4/c10-7-4-6(5-13-9(7)11)8-2-1-3-12-8/h4-5,8,12H,1-3,10H2,(H2,11,13). The normalized spacial score (nSPS) is 22.0. The molecule has 0 bridgehead atoms. The van der Waals surface area contributed by atoms with E-state index >= 15 is 0 Å². The molecule has 70 valence electrons. The van der Waals surface area contributed by atoms with Crippen molar-refractivity contribution >= 4 is 11.5 Å². The van der Waals surface area contributed by atoms with Crippen LogP contribution in [0.1, 0.15) is 24.4 Å². The summed E-state index contributed by atoms with van der Waals surface area (Å²) in [5.41, 5.74) is 12.9. The lowest BCUT2D eigenvalue weighted by Crippen LogP contribution is -2.13. The van der Waals surface area contributed by atoms with Crippen LogP contribution in [0.15, 0.2) is 12.3 Å². The van der Waals surface area contributed by atoms with E-state index in [1.807, 2.05) is 6.07 Å². The topological polar surface area (TPSA) is 77.0 Å². The molecular formula is C9H14N4. The van der Waals surface area contributed by atoms with Gasteiger partial charge in [-0.1, -0.05) is 0 Å². The molecule has 0 spiro atoms. The number of hydrogen-bond donors (Lipinski definition) is 3. The molecule has 13 heavy (non-hydrogen) atoms. The van der Waals surface area contributed by atoms with Gasteiger partial charge in [-0.25, -0.2) is 4.98 Å². The molecule has 1 aromatic heterocycles. The van der Waals surface area contributed by atoms with Gasteiger partial charge >= 0.3 is 0 Å². The summed E-state index contributed by atoms with van der Waals surface area (Å²) in [4.78, 5) is 4.04. The monoisotopic (exact) mass is 178 g/mol. The molecule has 2 rings (SSSR count). The second-order valence-electron chi connectivity index (χ2n) is 3.39. The maximum absolute atomic E-state index is 5.67. The van der Waals surface area contributed by atoms with Crippen molar-refractivity contribution in [3.05, 3.63) is 17.8 Å². The molecule has 0 aromatic carbocycles. The van der Waals surface area contributed by atoms with Gasteiger partial charge in [0.1, 0.15) is 5.82 Å². The van der Waals surface area contributed by atoms with Gasteiger partial charge in [-0.3, -0.25) is 0 Å². The minimum absolute atomic E-state index is 0.412. The van der Waals surface area contributed by atoms with Crippen molar-refractivity contribution in [1.82, 2.24) is 10.3 Å². The number of anilines is 2. The highest BCUT2D eigenvalue weighted by atomic mass is 14.9. The third kappa shape index (κ3) is 1.58. The van der Waals surface area contributed by atoms with Gasteiger partial charge in [0.15, 0.2) is 0 Å². The van der Waals surface area contributed by atoms with Crippen LogP contribution in [0.2, 0.25) is 0 Å². The molecule has 1 unspecified atom stereocenters. The molecule has 1 aliphatic heterocycles. The Morgan fingerprint density at radius 1 is 1.46 bits per heavy atom. The van der Waals surface area contributed by atoms with E-state index in [1.165, 1.54) is 6.42 Å². The summed E-state index contributed by atoms with van der Waals surface area (Å²) < 4.78 is 0. The van der Waals surface area contributed by atoms with Gasteiger partial charge in [-0.05, 0) is 31.0 Å². The van der Waals surface area contributed by atoms with Crippen LogP contribution in [-0.2, 0) is 0 Å². The number of rotatable bonds is 1. The minimum Gasteiger partial charge on any atom is -0.396 e. The van der Waals surface area contributed by atoms with E-state index in [4.69, 9.17) is 11.5 Å². The molecule has 0 radical (unpaired) electrons. The summed E-state index contributed by atoms with van der Waals surface area (Å²) in [6.07, 6.45) is 4.18. The van der Waals surface area contributed by atoms with E-state index in [0.717, 1.165) is 18.5 Å². The zero-order valence-corrected chi connectivity index (χ0v) is 7.46. The summed E-state index contributed by atoms with van der Waals surface area (Å²) in [6, 6.07) is 2.32. The molecule has 2 heterocycles. The zero-order valence-electron chi connectivity index (χ0n) is 7.46. The number of nitrogens with two attached hydrogens (primary N) is 2. The highest BCUT2D eigenvalue weighted by molar-refractivity contribution is 5.58. The van der Waals surface area contributed by atoms with E-state index in [2.05, 4.69) is 10.3 Å². The van der Waals surface area contributed by atoms with E-state index < -0.39 is 0 Å². The van der Waals surface area contributed by atoms with Crippen molar-refractivity contribution < 1.29 is 0 Å². The lowest BCUT2D eigenvalue weighted by molar-refractivity contribution is 0.645. The predicted octanol–water partition coefficient (Wildman–Crippen LogP) is 0.671. The van der Waals surface area contributed by atoms with Crippen molar-refractivity contribution in [2.24, 2.45) is 0 Å². The van der Waals surface area contributed by atoms with Crippen molar-refractivity contribution in [2.75, 3.05) is 18.0 Å². The molecular weight excluding hydrogens is 164 g/mol. The summed E-state index contributed by atoms with van der Waals surface area (Å²) in [7, 11) is 0. The quantitative estimate of drug-likeness (QED) is 0.590. The Morgan fingerprint density at radius 2 is 2.31 bits per heavy atom. The molecule has 0 amide bonds. The largest absolute Gasteiger partial charge is 0.396 e. The van der Waals surface area contributed by atoms with Crippen LogP contribution in [0.5, 0.6) is 0 Å². The first-order valence-electron chi connectivity index (χ1n) is 4.51. The summed E-state index contributed by atoms with van der Waals surface area (Å²) in [5.74, 6) is 0.418. The summed E-state index contributed by atoms with van der Waals surface area (Å²) >= 11 is 0. The van der Waals surface area contributed by atoms with Crippen LogP contribution in [0.25, 0.3) is 0 Å². The molecule has 1 atom stereocenters. The number of pyridine rings is 1. The van der Waals surface area contributed by atoms with Gasteiger partial charge in [-0.15, -0.1) is 0 Å². The van der Waals surface area contributed by atoms with Gasteiger partial charge in [0.2, 0.25) is 0 Å². The van der Waals surface area contributed by atoms with Crippen LogP contribution < -0.4 is 16.8 Å². The van der Waals surface area contributed by atoms with Crippen molar-refractivity contribution in [1.29, 1.82) is 0 Å². The number of hydrogen-bond acceptors (Lipinski definition) is 4. The van der Waals surface area contributed by atoms with E-state index in [-0.39, 0.29) is 0 Å². The number of aromatic nitrogens is 1. The minimum atomic E-state index is 0.412. The smallest absolute Gasteiger partial charge is 0.146 e. The highest BCUT2D eigenvalue weighted by Gasteiger charge is 2.16. The van der Waals surface area contributed by atoms with Crippen LogP contribution in [-0.4, -0.2) is 11.5 Å². The average Bonchev–Trinajstić information content (AvgIpc) is 2.62. The SMILES string of the molecule is Nc1cc(C2CCCN2)cnc1N. The number of nitrogens with one attached hydrogen (secondary N) is 1. The van der Waals surface area contributed by atoms with Crippen molar-refractivity contribution in [2.45, 2.75) is 18.9 Å². The highest BCUT2D eigenvalue weighted by Crippen LogP contribution is 2.25. The Morgan fingerprint density at radius 3 is 2.92 bits per heavy atom. The Bertz CT molecular complexity index is 304. The second-order valence-corrected chi connectivity index (χ2v) is 3.39. The van der Waals surface area contributed by atoms with Gasteiger partial charge in [0.25, 0.3) is 0 Å². The fourth-order valence-corrected chi connectivity index (χ4v) is 1.67. The number of nitrogen functional groups attached to an aromatic ring is 2. The predicted molar refractivity (Wildman–Crippen MR) is 53.0 cm³/mol. The van der Waals surface area contributed by atoms with E-state index in [0.29, 0.717) is 17.5 Å². The molecule has 0 saturated carbocycles. The molecule has 4 nitrogen and oxygen atoms in total. The summed E-state index contributed by atoms with van der Waals surface area (Å²) in [5, 5.41) is 3.38. The maximum Gasteiger partial charge on any atom is 0.146 e. The van der Waals surface area contributed by atoms with Crippen molar-refractivity contribution in [3.8, 4) is 0 Å². The van der Waals surface area contributed by atoms with E-state index in [1.54, 1.807) is 6.20 Å². The fourth-order valence-electron chi connectivity index (χ4n) is 1.67. The maximum atomic E-state index is 5.67. The van der Waals surface area contributed by atoms with Crippen molar-refractivity contribution in [3.63, 3.8) is 0 Å². The van der Waals surface area contributed by atoms with Gasteiger partial charge in [-0.2, -0.15) is 0 Å². The Labute approximate surface area is 77.3 Å². The van der Waals surface area contributed by atoms with Crippen LogP contribution in [0.3, 0.4) is 0 Å². The van der Waals surface area contributed by atoms with Crippen LogP contribution in [0, 0.1) is 0 Å². The number of nitrogens with zero attached hydrogens (tertiary/aromatic N) is 1. The molecule has 1 saturated heterocycles. The molecule has 1 fully saturated rings. The van der Waals surface area contributed by atoms with Gasteiger partial charge in [0, 0.05) is 12.2 Å². The van der Waals surface area contributed by atoms with Gasteiger partial charge < -0.3 is 16.8 Å². The molecule has 1 aliphatic rings. The summed E-state index contributed by atoms with van der Waals surface area (Å²) in [6.45, 7) is 1.08. The van der Waals surface area contributed by atoms with E-state index in [9.17, 15) is 0 Å². The molecule has 4 heteroatoms. The Balaban J connectivity index is 2.25. The lowest BCUT2D eigenvalue weighted by atomic mass is 10.1. The molecule has 0 aliphatic carbocycles. The lowest BCUT2D eigenvalue weighted by Gasteiger charge is -2.10. The second kappa shape index (κ2) is 3.22. The Kier molecular flexibility index (Phi) is 2.06. The van der Waals surface area contributed by atoms with Crippen LogP contribution >= 0.6 is 0 Å². The Hall–Kier alpha value is -1.29. The van der Waals surface area contributed by atoms with Crippen LogP contribution in [0.4, 0.5) is 11.5 Å². The van der Waals surface area contributed by atoms with Gasteiger partial charge in [0.05, 0.1) is 5.69 Å². The average molecular weight is 178 g/mol. The first-order chi connectivity index (χ1) is 6.27. The molecule has 1 aromatic rings. The zero-order chi connectivity index (χ0) is 9.26. The third-order valence-electron chi connectivity index (χ3n) is 2.43. The first kappa shape index (κ1) is 8.31.